The second-order valence-electron chi connectivity index (χ2n) is 7.48. The number of carbonyl (C=O) groups is 1. The summed E-state index contributed by atoms with van der Waals surface area (Å²) in [6.45, 7) is 0.491. The SMILES string of the molecule is O=C(O)c1cccc(N(Cc2cccnc2)c2ccc(O)c(OC3CCCC3)c2)c1. The van der Waals surface area contributed by atoms with Crippen LogP contribution in [0.2, 0.25) is 0 Å². The number of aromatic hydroxyl groups is 1. The molecular formula is C24H24N2O4. The van der Waals surface area contributed by atoms with E-state index in [9.17, 15) is 15.0 Å². The molecule has 0 spiro atoms. The molecule has 0 unspecified atom stereocenters. The van der Waals surface area contributed by atoms with Gasteiger partial charge in [-0.2, -0.15) is 0 Å². The standard InChI is InChI=1S/C24H24N2O4/c27-22-11-10-20(14-23(22)30-21-8-1-2-9-21)26(16-17-5-4-12-25-15-17)19-7-3-6-18(13-19)24(28)29/h3-7,10-15,21,27H,1-2,8-9,16H2,(H,28,29). The molecule has 2 aromatic carbocycles. The van der Waals surface area contributed by atoms with Gasteiger partial charge in [-0.3, -0.25) is 4.98 Å². The maximum Gasteiger partial charge on any atom is 0.335 e. The number of ether oxygens (including phenoxy) is 1. The van der Waals surface area contributed by atoms with E-state index < -0.39 is 5.97 Å². The van der Waals surface area contributed by atoms with Crippen molar-refractivity contribution in [2.24, 2.45) is 0 Å². The lowest BCUT2D eigenvalue weighted by atomic mass is 10.1. The van der Waals surface area contributed by atoms with Gasteiger partial charge in [0.15, 0.2) is 11.5 Å². The Bertz CT molecular complexity index is 1020. The third kappa shape index (κ3) is 4.54. The minimum Gasteiger partial charge on any atom is -0.504 e. The van der Waals surface area contributed by atoms with E-state index in [-0.39, 0.29) is 17.4 Å². The molecule has 0 amide bonds. The van der Waals surface area contributed by atoms with E-state index in [0.29, 0.717) is 12.3 Å². The fourth-order valence-electron chi connectivity index (χ4n) is 3.76. The monoisotopic (exact) mass is 404 g/mol. The molecule has 0 saturated heterocycles. The first-order valence-corrected chi connectivity index (χ1v) is 10.1. The Morgan fingerprint density at radius 2 is 1.87 bits per heavy atom. The predicted octanol–water partition coefficient (Wildman–Crippen LogP) is 5.15. The first-order chi connectivity index (χ1) is 14.6. The van der Waals surface area contributed by atoms with Crippen LogP contribution in [0.1, 0.15) is 41.6 Å². The zero-order valence-electron chi connectivity index (χ0n) is 16.6. The van der Waals surface area contributed by atoms with Gasteiger partial charge in [-0.25, -0.2) is 4.79 Å². The van der Waals surface area contributed by atoms with Crippen molar-refractivity contribution in [1.82, 2.24) is 4.98 Å². The molecule has 0 atom stereocenters. The number of hydrogen-bond donors (Lipinski definition) is 2. The number of pyridine rings is 1. The normalized spacial score (nSPS) is 13.9. The van der Waals surface area contributed by atoms with Gasteiger partial charge in [-0.05, 0) is 67.6 Å². The molecule has 30 heavy (non-hydrogen) atoms. The molecule has 4 rings (SSSR count). The minimum atomic E-state index is -0.978. The molecule has 0 aliphatic heterocycles. The van der Waals surface area contributed by atoms with Gasteiger partial charge in [-0.15, -0.1) is 0 Å². The molecule has 6 nitrogen and oxygen atoms in total. The predicted molar refractivity (Wildman–Crippen MR) is 114 cm³/mol. The van der Waals surface area contributed by atoms with Crippen LogP contribution in [0.3, 0.4) is 0 Å². The highest BCUT2D eigenvalue weighted by atomic mass is 16.5. The van der Waals surface area contributed by atoms with Crippen molar-refractivity contribution in [2.75, 3.05) is 4.90 Å². The van der Waals surface area contributed by atoms with Crippen LogP contribution in [-0.2, 0) is 6.54 Å². The number of phenolic OH excluding ortho intramolecular Hbond substituents is 1. The summed E-state index contributed by atoms with van der Waals surface area (Å²) < 4.78 is 6.06. The van der Waals surface area contributed by atoms with Crippen molar-refractivity contribution >= 4 is 17.3 Å². The summed E-state index contributed by atoms with van der Waals surface area (Å²) in [4.78, 5) is 17.7. The van der Waals surface area contributed by atoms with Gasteiger partial charge in [0, 0.05) is 36.4 Å². The molecule has 2 N–H and O–H groups in total. The second-order valence-corrected chi connectivity index (χ2v) is 7.48. The van der Waals surface area contributed by atoms with E-state index in [1.54, 1.807) is 42.7 Å². The number of nitrogens with zero attached hydrogens (tertiary/aromatic N) is 2. The fraction of sp³-hybridized carbons (Fsp3) is 0.250. The molecule has 3 aromatic rings. The van der Waals surface area contributed by atoms with Crippen LogP contribution >= 0.6 is 0 Å². The molecule has 1 aliphatic rings. The summed E-state index contributed by atoms with van der Waals surface area (Å²) in [6.07, 6.45) is 7.87. The molecular weight excluding hydrogens is 380 g/mol. The Hall–Kier alpha value is -3.54. The lowest BCUT2D eigenvalue weighted by Gasteiger charge is -2.26. The third-order valence-electron chi connectivity index (χ3n) is 5.32. The lowest BCUT2D eigenvalue weighted by molar-refractivity contribution is 0.0697. The van der Waals surface area contributed by atoms with Gasteiger partial charge >= 0.3 is 5.97 Å². The van der Waals surface area contributed by atoms with Crippen LogP contribution in [-0.4, -0.2) is 27.3 Å². The van der Waals surface area contributed by atoms with Crippen molar-refractivity contribution in [1.29, 1.82) is 0 Å². The number of aromatic nitrogens is 1. The summed E-state index contributed by atoms with van der Waals surface area (Å²) in [5, 5.41) is 19.7. The third-order valence-corrected chi connectivity index (χ3v) is 5.32. The van der Waals surface area contributed by atoms with Crippen LogP contribution < -0.4 is 9.64 Å². The summed E-state index contributed by atoms with van der Waals surface area (Å²) in [6, 6.07) is 15.9. The van der Waals surface area contributed by atoms with Crippen LogP contribution in [0.5, 0.6) is 11.5 Å². The number of anilines is 2. The zero-order chi connectivity index (χ0) is 20.9. The number of carboxylic acid groups (broad SMARTS) is 1. The Labute approximate surface area is 175 Å². The zero-order valence-corrected chi connectivity index (χ0v) is 16.6. The van der Waals surface area contributed by atoms with Crippen LogP contribution in [0.15, 0.2) is 67.0 Å². The Kier molecular flexibility index (Phi) is 5.84. The number of carboxylic acids is 1. The van der Waals surface area contributed by atoms with E-state index in [1.807, 2.05) is 29.2 Å². The fourth-order valence-corrected chi connectivity index (χ4v) is 3.76. The number of hydrogen-bond acceptors (Lipinski definition) is 5. The molecule has 1 aromatic heterocycles. The maximum atomic E-state index is 11.5. The van der Waals surface area contributed by atoms with Crippen LogP contribution in [0.4, 0.5) is 11.4 Å². The molecule has 1 heterocycles. The average molecular weight is 404 g/mol. The largest absolute Gasteiger partial charge is 0.504 e. The van der Waals surface area contributed by atoms with Crippen LogP contribution in [0.25, 0.3) is 0 Å². The summed E-state index contributed by atoms with van der Waals surface area (Å²) >= 11 is 0. The van der Waals surface area contributed by atoms with E-state index in [0.717, 1.165) is 42.6 Å². The number of aromatic carboxylic acids is 1. The Morgan fingerprint density at radius 3 is 2.60 bits per heavy atom. The molecule has 0 bridgehead atoms. The van der Waals surface area contributed by atoms with Gasteiger partial charge in [-0.1, -0.05) is 12.1 Å². The number of benzene rings is 2. The van der Waals surface area contributed by atoms with E-state index >= 15 is 0 Å². The molecule has 1 aliphatic carbocycles. The number of rotatable bonds is 7. The highest BCUT2D eigenvalue weighted by molar-refractivity contribution is 5.89. The van der Waals surface area contributed by atoms with Gasteiger partial charge in [0.1, 0.15) is 0 Å². The first kappa shape index (κ1) is 19.8. The topological polar surface area (TPSA) is 82.9 Å². The van der Waals surface area contributed by atoms with E-state index in [2.05, 4.69) is 4.98 Å². The number of phenols is 1. The molecule has 6 heteroatoms. The summed E-state index contributed by atoms with van der Waals surface area (Å²) in [5.41, 5.74) is 2.72. The van der Waals surface area contributed by atoms with E-state index in [4.69, 9.17) is 4.74 Å². The molecule has 154 valence electrons. The maximum absolute atomic E-state index is 11.5. The van der Waals surface area contributed by atoms with Crippen molar-refractivity contribution < 1.29 is 19.7 Å². The van der Waals surface area contributed by atoms with Gasteiger partial charge < -0.3 is 19.8 Å². The molecule has 1 fully saturated rings. The van der Waals surface area contributed by atoms with Crippen molar-refractivity contribution in [3.8, 4) is 11.5 Å². The lowest BCUT2D eigenvalue weighted by Crippen LogP contribution is -2.18. The van der Waals surface area contributed by atoms with Gasteiger partial charge in [0.05, 0.1) is 11.7 Å². The smallest absolute Gasteiger partial charge is 0.335 e. The van der Waals surface area contributed by atoms with E-state index in [1.165, 1.54) is 0 Å². The van der Waals surface area contributed by atoms with Crippen molar-refractivity contribution in [3.63, 3.8) is 0 Å². The summed E-state index contributed by atoms with van der Waals surface area (Å²) in [5.74, 6) is -0.426. The molecule has 0 radical (unpaired) electrons. The Morgan fingerprint density at radius 1 is 1.07 bits per heavy atom. The second kappa shape index (κ2) is 8.86. The van der Waals surface area contributed by atoms with Crippen molar-refractivity contribution in [3.05, 3.63) is 78.1 Å². The van der Waals surface area contributed by atoms with Crippen molar-refractivity contribution in [2.45, 2.75) is 38.3 Å². The highest BCUT2D eigenvalue weighted by Crippen LogP contribution is 2.37. The molecule has 1 saturated carbocycles. The quantitative estimate of drug-likeness (QED) is 0.567. The average Bonchev–Trinajstić information content (AvgIpc) is 3.28. The van der Waals surface area contributed by atoms with Crippen LogP contribution in [0, 0.1) is 0 Å². The van der Waals surface area contributed by atoms with Gasteiger partial charge in [0.25, 0.3) is 0 Å². The first-order valence-electron chi connectivity index (χ1n) is 10.1. The summed E-state index contributed by atoms with van der Waals surface area (Å²) in [7, 11) is 0. The minimum absolute atomic E-state index is 0.103. The Balaban J connectivity index is 1.71. The highest BCUT2D eigenvalue weighted by Gasteiger charge is 2.20. The van der Waals surface area contributed by atoms with Gasteiger partial charge in [0.2, 0.25) is 0 Å².